The highest BCUT2D eigenvalue weighted by atomic mass is 16.5. The molecule has 0 spiro atoms. The van der Waals surface area contributed by atoms with Crippen LogP contribution >= 0.6 is 0 Å². The van der Waals surface area contributed by atoms with Crippen LogP contribution in [-0.2, 0) is 6.42 Å². The van der Waals surface area contributed by atoms with Gasteiger partial charge in [-0.05, 0) is 13.8 Å². The maximum atomic E-state index is 12.0. The van der Waals surface area contributed by atoms with Crippen molar-refractivity contribution in [3.63, 3.8) is 0 Å². The molecule has 2 N–H and O–H groups in total. The van der Waals surface area contributed by atoms with Crippen LogP contribution in [0.2, 0.25) is 0 Å². The molecule has 1 rings (SSSR count). The quantitative estimate of drug-likeness (QED) is 0.773. The molecule has 0 unspecified atom stereocenters. The van der Waals surface area contributed by atoms with Crippen LogP contribution in [0.3, 0.4) is 0 Å². The number of hydrogen-bond donors (Lipinski definition) is 2. The van der Waals surface area contributed by atoms with E-state index >= 15 is 0 Å². The molecule has 0 saturated heterocycles. The van der Waals surface area contributed by atoms with E-state index in [1.54, 1.807) is 6.92 Å². The fraction of sp³-hybridized carbons (Fsp3) is 0.462. The first-order valence-electron chi connectivity index (χ1n) is 5.65. The number of aromatic amines is 1. The monoisotopic (exact) mass is 253 g/mol. The van der Waals surface area contributed by atoms with Crippen molar-refractivity contribution in [1.82, 2.24) is 4.98 Å². The number of pyridine rings is 1. The van der Waals surface area contributed by atoms with E-state index < -0.39 is 0 Å². The highest BCUT2D eigenvalue weighted by molar-refractivity contribution is 5.40. The Hall–Kier alpha value is -1.75. The van der Waals surface area contributed by atoms with Gasteiger partial charge < -0.3 is 19.6 Å². The fourth-order valence-electron chi connectivity index (χ4n) is 1.57. The van der Waals surface area contributed by atoms with Crippen molar-refractivity contribution in [3.8, 4) is 11.6 Å². The lowest BCUT2D eigenvalue weighted by Crippen LogP contribution is -2.15. The smallest absolute Gasteiger partial charge is 0.238 e. The molecular weight excluding hydrogens is 234 g/mol. The maximum absolute atomic E-state index is 12.0. The van der Waals surface area contributed by atoms with Crippen LogP contribution in [0.1, 0.15) is 18.2 Å². The van der Waals surface area contributed by atoms with Crippen LogP contribution < -0.4 is 14.9 Å². The third-order valence-corrected chi connectivity index (χ3v) is 2.78. The molecule has 0 atom stereocenters. The molecule has 0 aliphatic carbocycles. The van der Waals surface area contributed by atoms with Crippen LogP contribution in [-0.4, -0.2) is 30.9 Å². The summed E-state index contributed by atoms with van der Waals surface area (Å²) < 4.78 is 10.1. The number of aromatic nitrogens is 1. The zero-order valence-corrected chi connectivity index (χ0v) is 11.2. The Morgan fingerprint density at radius 3 is 2.56 bits per heavy atom. The molecule has 0 aromatic carbocycles. The largest absolute Gasteiger partial charge is 0.488 e. The molecule has 0 aliphatic heterocycles. The Balaban J connectivity index is 3.22. The van der Waals surface area contributed by atoms with Gasteiger partial charge in [-0.25, -0.2) is 0 Å². The van der Waals surface area contributed by atoms with Crippen molar-refractivity contribution in [2.75, 3.05) is 20.8 Å². The van der Waals surface area contributed by atoms with Crippen LogP contribution in [0.4, 0.5) is 0 Å². The normalized spacial score (nSPS) is 11.5. The average molecular weight is 253 g/mol. The highest BCUT2D eigenvalue weighted by Crippen LogP contribution is 2.21. The molecule has 1 heterocycles. The molecule has 0 saturated carbocycles. The second-order valence-corrected chi connectivity index (χ2v) is 4.04. The van der Waals surface area contributed by atoms with E-state index in [4.69, 9.17) is 14.6 Å². The number of nitrogens with one attached hydrogen (secondary N) is 1. The first-order valence-corrected chi connectivity index (χ1v) is 5.65. The Bertz CT molecular complexity index is 502. The molecule has 100 valence electrons. The lowest BCUT2D eigenvalue weighted by molar-refractivity contribution is 0.331. The van der Waals surface area contributed by atoms with Crippen LogP contribution in [0.5, 0.6) is 11.6 Å². The topological polar surface area (TPSA) is 71.5 Å². The van der Waals surface area contributed by atoms with E-state index in [0.29, 0.717) is 17.9 Å². The number of rotatable bonds is 5. The summed E-state index contributed by atoms with van der Waals surface area (Å²) in [5, 5.41) is 8.93. The maximum Gasteiger partial charge on any atom is 0.238 e. The van der Waals surface area contributed by atoms with Gasteiger partial charge in [-0.2, -0.15) is 0 Å². The first-order chi connectivity index (χ1) is 8.54. The van der Waals surface area contributed by atoms with Crippen molar-refractivity contribution in [2.45, 2.75) is 20.3 Å². The van der Waals surface area contributed by atoms with Gasteiger partial charge in [-0.3, -0.25) is 4.79 Å². The van der Waals surface area contributed by atoms with Gasteiger partial charge in [0.1, 0.15) is 0 Å². The third kappa shape index (κ3) is 2.92. The summed E-state index contributed by atoms with van der Waals surface area (Å²) in [6.45, 7) is 3.57. The lowest BCUT2D eigenvalue weighted by atomic mass is 10.1. The Morgan fingerprint density at radius 2 is 2.06 bits per heavy atom. The van der Waals surface area contributed by atoms with Crippen LogP contribution in [0.25, 0.3) is 0 Å². The van der Waals surface area contributed by atoms with E-state index in [2.05, 4.69) is 4.98 Å². The van der Waals surface area contributed by atoms with Gasteiger partial charge >= 0.3 is 0 Å². The summed E-state index contributed by atoms with van der Waals surface area (Å²) in [4.78, 5) is 15.0. The third-order valence-electron chi connectivity index (χ3n) is 2.78. The van der Waals surface area contributed by atoms with Gasteiger partial charge in [0.15, 0.2) is 0 Å². The summed E-state index contributed by atoms with van der Waals surface area (Å²) in [5.41, 5.74) is 2.02. The first kappa shape index (κ1) is 14.3. The minimum atomic E-state index is -0.182. The summed E-state index contributed by atoms with van der Waals surface area (Å²) in [6.07, 6.45) is 2.40. The van der Waals surface area contributed by atoms with Gasteiger partial charge in [0.25, 0.3) is 0 Å². The van der Waals surface area contributed by atoms with E-state index in [9.17, 15) is 4.79 Å². The molecular formula is C13H19NO4. The molecule has 0 amide bonds. The molecule has 0 radical (unpaired) electrons. The molecule has 0 aliphatic rings. The van der Waals surface area contributed by atoms with Crippen LogP contribution in [0.15, 0.2) is 16.4 Å². The number of aliphatic hydroxyl groups excluding tert-OH is 1. The Kier molecular flexibility index (Phi) is 4.97. The van der Waals surface area contributed by atoms with E-state index in [0.717, 1.165) is 11.3 Å². The average Bonchev–Trinajstić information content (AvgIpc) is 2.39. The van der Waals surface area contributed by atoms with Crippen molar-refractivity contribution in [3.05, 3.63) is 33.1 Å². The zero-order valence-electron chi connectivity index (χ0n) is 11.2. The molecule has 1 aromatic heterocycles. The van der Waals surface area contributed by atoms with Gasteiger partial charge in [0.05, 0.1) is 20.8 Å². The summed E-state index contributed by atoms with van der Waals surface area (Å²) in [6, 6.07) is 0. The minimum Gasteiger partial charge on any atom is -0.488 e. The number of ether oxygens (including phenoxy) is 2. The number of allylic oxidation sites excluding steroid dienone is 1. The Labute approximate surface area is 106 Å². The molecule has 5 nitrogen and oxygen atoms in total. The summed E-state index contributed by atoms with van der Waals surface area (Å²) in [5.74, 6) is 0.500. The SMILES string of the molecule is COc1[nH]c(C/C=C(\C)CO)c(C)c(=O)c1OC. The molecule has 0 bridgehead atoms. The van der Waals surface area contributed by atoms with Crippen molar-refractivity contribution in [1.29, 1.82) is 0 Å². The highest BCUT2D eigenvalue weighted by Gasteiger charge is 2.14. The number of hydrogen-bond acceptors (Lipinski definition) is 4. The summed E-state index contributed by atoms with van der Waals surface area (Å²) in [7, 11) is 2.91. The summed E-state index contributed by atoms with van der Waals surface area (Å²) >= 11 is 0. The van der Waals surface area contributed by atoms with Gasteiger partial charge in [0, 0.05) is 17.7 Å². The fourth-order valence-corrected chi connectivity index (χ4v) is 1.57. The van der Waals surface area contributed by atoms with Crippen LogP contribution in [0, 0.1) is 6.92 Å². The molecule has 18 heavy (non-hydrogen) atoms. The Morgan fingerprint density at radius 1 is 1.39 bits per heavy atom. The van der Waals surface area contributed by atoms with E-state index in [1.807, 2.05) is 13.0 Å². The lowest BCUT2D eigenvalue weighted by Gasteiger charge is -2.11. The second-order valence-electron chi connectivity index (χ2n) is 4.04. The predicted molar refractivity (Wildman–Crippen MR) is 69.5 cm³/mol. The minimum absolute atomic E-state index is 0.0105. The van der Waals surface area contributed by atoms with Crippen molar-refractivity contribution in [2.24, 2.45) is 0 Å². The number of H-pyrrole nitrogens is 1. The van der Waals surface area contributed by atoms with Gasteiger partial charge in [0.2, 0.25) is 17.1 Å². The van der Waals surface area contributed by atoms with Gasteiger partial charge in [-0.15, -0.1) is 0 Å². The predicted octanol–water partition coefficient (Wildman–Crippen LogP) is 1.18. The van der Waals surface area contributed by atoms with E-state index in [-0.39, 0.29) is 17.8 Å². The molecule has 5 heteroatoms. The van der Waals surface area contributed by atoms with Crippen molar-refractivity contribution < 1.29 is 14.6 Å². The standard InChI is InChI=1S/C13H19NO4/c1-8(7-15)5-6-10-9(2)11(16)12(17-3)13(14-10)18-4/h5,15H,6-7H2,1-4H3,(H,14,16)/b8-5+. The van der Waals surface area contributed by atoms with Crippen molar-refractivity contribution >= 4 is 0 Å². The zero-order chi connectivity index (χ0) is 13.7. The van der Waals surface area contributed by atoms with Gasteiger partial charge in [-0.1, -0.05) is 11.6 Å². The molecule has 0 fully saturated rings. The number of methoxy groups -OCH3 is 2. The number of aliphatic hydroxyl groups is 1. The second kappa shape index (κ2) is 6.26. The molecule has 1 aromatic rings. The van der Waals surface area contributed by atoms with E-state index in [1.165, 1.54) is 14.2 Å².